The van der Waals surface area contributed by atoms with E-state index in [0.29, 0.717) is 0 Å². The van der Waals surface area contributed by atoms with Gasteiger partial charge in [0.15, 0.2) is 0 Å². The second-order valence-electron chi connectivity index (χ2n) is 6.04. The van der Waals surface area contributed by atoms with Gasteiger partial charge in [-0.2, -0.15) is 0 Å². The molecular weight excluding hydrogens is 220 g/mol. The van der Waals surface area contributed by atoms with Crippen molar-refractivity contribution in [3.05, 3.63) is 0 Å². The molecular formula is C12H22N2O3. The molecule has 2 fully saturated rings. The largest absolute Gasteiger partial charge is 0.444 e. The molecule has 5 nitrogen and oxygen atoms in total. The number of hydrogen-bond donors (Lipinski definition) is 2. The zero-order valence-electron chi connectivity index (χ0n) is 10.8. The van der Waals surface area contributed by atoms with Crippen molar-refractivity contribution in [3.8, 4) is 0 Å². The van der Waals surface area contributed by atoms with E-state index in [-0.39, 0.29) is 17.7 Å². The quantitative estimate of drug-likeness (QED) is 0.721. The average molecular weight is 242 g/mol. The van der Waals surface area contributed by atoms with Gasteiger partial charge < -0.3 is 20.1 Å². The summed E-state index contributed by atoms with van der Waals surface area (Å²) in [6.45, 7) is 8.03. The number of piperidine rings is 1. The number of nitrogens with one attached hydrogen (secondary N) is 2. The first-order valence-electron chi connectivity index (χ1n) is 6.21. The Labute approximate surface area is 102 Å². The molecule has 0 aromatic rings. The minimum absolute atomic E-state index is 0.0952. The number of carbonyl (C=O) groups excluding carboxylic acids is 1. The molecule has 2 N–H and O–H groups in total. The molecule has 1 amide bonds. The Bertz CT molecular complexity index is 295. The molecule has 0 aromatic heterocycles. The van der Waals surface area contributed by atoms with Crippen LogP contribution in [0.5, 0.6) is 0 Å². The first-order chi connectivity index (χ1) is 7.89. The van der Waals surface area contributed by atoms with Gasteiger partial charge in [-0.25, -0.2) is 4.79 Å². The molecule has 2 aliphatic rings. The van der Waals surface area contributed by atoms with Crippen LogP contribution in [0, 0.1) is 0 Å². The fourth-order valence-corrected chi connectivity index (χ4v) is 2.32. The van der Waals surface area contributed by atoms with E-state index in [9.17, 15) is 4.79 Å². The van der Waals surface area contributed by atoms with E-state index in [1.807, 2.05) is 20.8 Å². The fraction of sp³-hybridized carbons (Fsp3) is 0.917. The summed E-state index contributed by atoms with van der Waals surface area (Å²) in [5.41, 5.74) is -0.341. The summed E-state index contributed by atoms with van der Waals surface area (Å²) in [5.74, 6) is 0. The summed E-state index contributed by atoms with van der Waals surface area (Å²) in [6.07, 6.45) is 1.55. The van der Waals surface area contributed by atoms with Gasteiger partial charge in [-0.15, -0.1) is 0 Å². The van der Waals surface area contributed by atoms with Crippen molar-refractivity contribution in [1.82, 2.24) is 10.6 Å². The van der Waals surface area contributed by atoms with E-state index in [0.717, 1.165) is 32.6 Å². The Kier molecular flexibility index (Phi) is 3.32. The standard InChI is InChI=1S/C12H22N2O3/c1-11(2,3)17-10(15)14-9-4-5-13-12(6-9)7-16-8-12/h9,13H,4-8H2,1-3H3,(H,14,15). The summed E-state index contributed by atoms with van der Waals surface area (Å²) in [7, 11) is 0. The third-order valence-electron chi connectivity index (χ3n) is 3.11. The van der Waals surface area contributed by atoms with Crippen molar-refractivity contribution in [3.63, 3.8) is 0 Å². The van der Waals surface area contributed by atoms with Gasteiger partial charge in [0.2, 0.25) is 0 Å². The minimum atomic E-state index is -0.436. The molecule has 0 bridgehead atoms. The minimum Gasteiger partial charge on any atom is -0.444 e. The number of carbonyl (C=O) groups is 1. The van der Waals surface area contributed by atoms with Crippen LogP contribution in [-0.2, 0) is 9.47 Å². The molecule has 0 aromatic carbocycles. The van der Waals surface area contributed by atoms with E-state index in [2.05, 4.69) is 10.6 Å². The fourth-order valence-electron chi connectivity index (χ4n) is 2.32. The first-order valence-corrected chi connectivity index (χ1v) is 6.21. The van der Waals surface area contributed by atoms with Gasteiger partial charge in [0, 0.05) is 6.04 Å². The number of rotatable bonds is 1. The van der Waals surface area contributed by atoms with Gasteiger partial charge in [0.1, 0.15) is 5.60 Å². The Morgan fingerprint density at radius 3 is 2.71 bits per heavy atom. The maximum atomic E-state index is 11.7. The zero-order chi connectivity index (χ0) is 12.5. The van der Waals surface area contributed by atoms with Gasteiger partial charge in [0.25, 0.3) is 0 Å². The summed E-state index contributed by atoms with van der Waals surface area (Å²) in [6, 6.07) is 0.190. The van der Waals surface area contributed by atoms with Crippen molar-refractivity contribution in [2.45, 2.75) is 50.8 Å². The molecule has 1 unspecified atom stereocenters. The molecule has 2 saturated heterocycles. The van der Waals surface area contributed by atoms with Gasteiger partial charge in [0.05, 0.1) is 18.8 Å². The third kappa shape index (κ3) is 3.33. The highest BCUT2D eigenvalue weighted by Crippen LogP contribution is 2.27. The van der Waals surface area contributed by atoms with Crippen LogP contribution in [0.4, 0.5) is 4.79 Å². The van der Waals surface area contributed by atoms with Crippen molar-refractivity contribution in [2.24, 2.45) is 0 Å². The summed E-state index contributed by atoms with van der Waals surface area (Å²) < 4.78 is 10.5. The molecule has 2 heterocycles. The Morgan fingerprint density at radius 1 is 1.47 bits per heavy atom. The second-order valence-corrected chi connectivity index (χ2v) is 6.04. The molecule has 0 radical (unpaired) electrons. The summed E-state index contributed by atoms with van der Waals surface area (Å²) in [4.78, 5) is 11.7. The molecule has 0 aliphatic carbocycles. The highest BCUT2D eigenvalue weighted by molar-refractivity contribution is 5.68. The molecule has 1 atom stereocenters. The monoisotopic (exact) mass is 242 g/mol. The lowest BCUT2D eigenvalue weighted by Crippen LogP contribution is -2.66. The zero-order valence-corrected chi connectivity index (χ0v) is 10.8. The number of amides is 1. The first kappa shape index (κ1) is 12.6. The summed E-state index contributed by atoms with van der Waals surface area (Å²) in [5, 5.41) is 6.41. The van der Waals surface area contributed by atoms with Crippen LogP contribution >= 0.6 is 0 Å². The SMILES string of the molecule is CC(C)(C)OC(=O)NC1CCNC2(COC2)C1. The van der Waals surface area contributed by atoms with Crippen LogP contribution in [0.2, 0.25) is 0 Å². The Hall–Kier alpha value is -0.810. The van der Waals surface area contributed by atoms with Gasteiger partial charge >= 0.3 is 6.09 Å². The maximum absolute atomic E-state index is 11.7. The van der Waals surface area contributed by atoms with Gasteiger partial charge in [-0.1, -0.05) is 0 Å². The molecule has 2 aliphatic heterocycles. The van der Waals surface area contributed by atoms with Crippen LogP contribution in [0.25, 0.3) is 0 Å². The smallest absolute Gasteiger partial charge is 0.407 e. The maximum Gasteiger partial charge on any atom is 0.407 e. The Balaban J connectivity index is 1.80. The van der Waals surface area contributed by atoms with E-state index in [4.69, 9.17) is 9.47 Å². The molecule has 1 spiro atoms. The summed E-state index contributed by atoms with van der Waals surface area (Å²) >= 11 is 0. The predicted octanol–water partition coefficient (Wildman–Crippen LogP) is 1.03. The van der Waals surface area contributed by atoms with E-state index in [1.54, 1.807) is 0 Å². The lowest BCUT2D eigenvalue weighted by molar-refractivity contribution is -0.0908. The number of ether oxygens (including phenoxy) is 2. The van der Waals surface area contributed by atoms with Crippen molar-refractivity contribution < 1.29 is 14.3 Å². The number of alkyl carbamates (subject to hydrolysis) is 1. The van der Waals surface area contributed by atoms with Gasteiger partial charge in [-0.3, -0.25) is 0 Å². The van der Waals surface area contributed by atoms with E-state index >= 15 is 0 Å². The number of hydrogen-bond acceptors (Lipinski definition) is 4. The van der Waals surface area contributed by atoms with Crippen molar-refractivity contribution in [2.75, 3.05) is 19.8 Å². The molecule has 2 rings (SSSR count). The average Bonchev–Trinajstić information content (AvgIpc) is 2.12. The normalized spacial score (nSPS) is 27.4. The highest BCUT2D eigenvalue weighted by atomic mass is 16.6. The second kappa shape index (κ2) is 4.46. The molecule has 98 valence electrons. The topological polar surface area (TPSA) is 59.6 Å². The highest BCUT2D eigenvalue weighted by Gasteiger charge is 2.43. The lowest BCUT2D eigenvalue weighted by Gasteiger charge is -2.47. The predicted molar refractivity (Wildman–Crippen MR) is 63.9 cm³/mol. The molecule has 5 heteroatoms. The van der Waals surface area contributed by atoms with Crippen molar-refractivity contribution in [1.29, 1.82) is 0 Å². The molecule has 17 heavy (non-hydrogen) atoms. The van der Waals surface area contributed by atoms with Crippen LogP contribution < -0.4 is 10.6 Å². The van der Waals surface area contributed by atoms with Crippen LogP contribution in [-0.4, -0.2) is 43.0 Å². The lowest BCUT2D eigenvalue weighted by atomic mass is 9.84. The molecule has 0 saturated carbocycles. The third-order valence-corrected chi connectivity index (χ3v) is 3.11. The van der Waals surface area contributed by atoms with E-state index < -0.39 is 5.60 Å². The Morgan fingerprint density at radius 2 is 2.18 bits per heavy atom. The van der Waals surface area contributed by atoms with Crippen LogP contribution in [0.1, 0.15) is 33.6 Å². The van der Waals surface area contributed by atoms with Gasteiger partial charge in [-0.05, 0) is 40.2 Å². The van der Waals surface area contributed by atoms with Crippen molar-refractivity contribution >= 4 is 6.09 Å². The van der Waals surface area contributed by atoms with E-state index in [1.165, 1.54) is 0 Å². The van der Waals surface area contributed by atoms with Crippen LogP contribution in [0.15, 0.2) is 0 Å². The van der Waals surface area contributed by atoms with Crippen LogP contribution in [0.3, 0.4) is 0 Å².